The van der Waals surface area contributed by atoms with Crippen LogP contribution in [-0.4, -0.2) is 35.8 Å². The molecule has 1 amide bonds. The number of benzene rings is 1. The van der Waals surface area contributed by atoms with Gasteiger partial charge in [0.15, 0.2) is 0 Å². The van der Waals surface area contributed by atoms with Crippen LogP contribution in [0, 0.1) is 6.92 Å². The fraction of sp³-hybridized carbons (Fsp3) is 0.385. The Morgan fingerprint density at radius 3 is 2.29 bits per heavy atom. The van der Waals surface area contributed by atoms with Gasteiger partial charge in [0.2, 0.25) is 5.54 Å². The summed E-state index contributed by atoms with van der Waals surface area (Å²) in [7, 11) is 1.25. The number of carbonyl (C=O) groups excluding carboxylic acids is 1. The van der Waals surface area contributed by atoms with Gasteiger partial charge in [-0.25, -0.2) is 4.79 Å². The summed E-state index contributed by atoms with van der Waals surface area (Å²) in [4.78, 5) is 22.9. The molecule has 0 fully saturated rings. The largest absolute Gasteiger partial charge is 0.496 e. The molecule has 1 aromatic carbocycles. The lowest BCUT2D eigenvalue weighted by Gasteiger charge is -2.28. The SMILES string of the molecule is COc1ccc(C)cc1C(=O)NC(C)(C(=O)O)C(F)(F)F. The molecule has 0 aliphatic rings. The van der Waals surface area contributed by atoms with E-state index in [1.165, 1.54) is 24.6 Å². The molecule has 5 nitrogen and oxygen atoms in total. The van der Waals surface area contributed by atoms with Crippen LogP contribution in [0.4, 0.5) is 13.2 Å². The Labute approximate surface area is 118 Å². The second-order valence-electron chi connectivity index (χ2n) is 4.59. The van der Waals surface area contributed by atoms with E-state index in [4.69, 9.17) is 9.84 Å². The number of hydrogen-bond acceptors (Lipinski definition) is 3. The number of hydrogen-bond donors (Lipinski definition) is 2. The third-order valence-electron chi connectivity index (χ3n) is 2.96. The molecule has 0 aromatic heterocycles. The second kappa shape index (κ2) is 5.63. The molecule has 0 radical (unpaired) electrons. The Morgan fingerprint density at radius 2 is 1.86 bits per heavy atom. The molecule has 0 aliphatic heterocycles. The Kier molecular flexibility index (Phi) is 4.50. The van der Waals surface area contributed by atoms with Crippen molar-refractivity contribution < 1.29 is 32.6 Å². The van der Waals surface area contributed by atoms with Crippen LogP contribution >= 0.6 is 0 Å². The van der Waals surface area contributed by atoms with Crippen LogP contribution in [0.1, 0.15) is 22.8 Å². The van der Waals surface area contributed by atoms with Crippen molar-refractivity contribution >= 4 is 11.9 Å². The minimum Gasteiger partial charge on any atom is -0.496 e. The highest BCUT2D eigenvalue weighted by Gasteiger charge is 2.58. The first-order valence-electron chi connectivity index (χ1n) is 5.80. The van der Waals surface area contributed by atoms with Crippen LogP contribution in [0.25, 0.3) is 0 Å². The van der Waals surface area contributed by atoms with Gasteiger partial charge in [-0.2, -0.15) is 13.2 Å². The molecular formula is C13H14F3NO4. The topological polar surface area (TPSA) is 75.6 Å². The van der Waals surface area contributed by atoms with Gasteiger partial charge in [-0.15, -0.1) is 0 Å². The van der Waals surface area contributed by atoms with Gasteiger partial charge in [0.1, 0.15) is 5.75 Å². The number of alkyl halides is 3. The van der Waals surface area contributed by atoms with E-state index in [2.05, 4.69) is 0 Å². The Hall–Kier alpha value is -2.25. The number of ether oxygens (including phenoxy) is 1. The van der Waals surface area contributed by atoms with E-state index in [9.17, 15) is 22.8 Å². The van der Waals surface area contributed by atoms with Crippen LogP contribution in [0.3, 0.4) is 0 Å². The third-order valence-corrected chi connectivity index (χ3v) is 2.96. The van der Waals surface area contributed by atoms with E-state index >= 15 is 0 Å². The van der Waals surface area contributed by atoms with Crippen LogP contribution in [0.5, 0.6) is 5.75 Å². The summed E-state index contributed by atoms with van der Waals surface area (Å²) >= 11 is 0. The number of nitrogens with one attached hydrogen (secondary N) is 1. The minimum absolute atomic E-state index is 0.0491. The van der Waals surface area contributed by atoms with Crippen LogP contribution in [-0.2, 0) is 4.79 Å². The highest BCUT2D eigenvalue weighted by Crippen LogP contribution is 2.31. The van der Waals surface area contributed by atoms with E-state index < -0.39 is 23.6 Å². The molecule has 0 saturated carbocycles. The summed E-state index contributed by atoms with van der Waals surface area (Å²) in [5, 5.41) is 10.3. The summed E-state index contributed by atoms with van der Waals surface area (Å²) in [6.07, 6.45) is -5.15. The van der Waals surface area contributed by atoms with Crippen LogP contribution in [0.15, 0.2) is 18.2 Å². The summed E-state index contributed by atoms with van der Waals surface area (Å²) in [5.74, 6) is -3.33. The Bertz CT molecular complexity index is 571. The van der Waals surface area contributed by atoms with Crippen molar-refractivity contribution in [1.29, 1.82) is 0 Å². The molecule has 0 saturated heterocycles. The normalized spacial score (nSPS) is 14.2. The van der Waals surface area contributed by atoms with E-state index in [1.54, 1.807) is 13.0 Å². The maximum Gasteiger partial charge on any atom is 0.422 e. The number of carboxylic acids is 1. The van der Waals surface area contributed by atoms with Crippen molar-refractivity contribution in [2.24, 2.45) is 0 Å². The number of aryl methyl sites for hydroxylation is 1. The van der Waals surface area contributed by atoms with Crippen molar-refractivity contribution in [3.8, 4) is 5.75 Å². The molecule has 0 aliphatic carbocycles. The number of halogens is 3. The smallest absolute Gasteiger partial charge is 0.422 e. The zero-order valence-electron chi connectivity index (χ0n) is 11.5. The molecular weight excluding hydrogens is 291 g/mol. The van der Waals surface area contributed by atoms with E-state index in [1.807, 2.05) is 0 Å². The molecule has 8 heteroatoms. The lowest BCUT2D eigenvalue weighted by Crippen LogP contribution is -2.61. The van der Waals surface area contributed by atoms with Gasteiger partial charge in [0.25, 0.3) is 5.91 Å². The molecule has 1 unspecified atom stereocenters. The highest BCUT2D eigenvalue weighted by molar-refractivity contribution is 6.00. The average Bonchev–Trinajstić information content (AvgIpc) is 2.36. The Balaban J connectivity index is 3.21. The monoisotopic (exact) mass is 305 g/mol. The summed E-state index contributed by atoms with van der Waals surface area (Å²) in [5.41, 5.74) is -2.95. The first kappa shape index (κ1) is 16.8. The van der Waals surface area contributed by atoms with Gasteiger partial charge in [0, 0.05) is 0 Å². The average molecular weight is 305 g/mol. The molecule has 0 bridgehead atoms. The lowest BCUT2D eigenvalue weighted by molar-refractivity contribution is -0.203. The van der Waals surface area contributed by atoms with Crippen LogP contribution in [0.2, 0.25) is 0 Å². The number of methoxy groups -OCH3 is 1. The number of rotatable bonds is 4. The summed E-state index contributed by atoms with van der Waals surface area (Å²) in [6.45, 7) is 2.02. The maximum absolute atomic E-state index is 12.9. The fourth-order valence-electron chi connectivity index (χ4n) is 1.54. The van der Waals surface area contributed by atoms with Gasteiger partial charge in [-0.05, 0) is 26.0 Å². The quantitative estimate of drug-likeness (QED) is 0.893. The number of aliphatic carboxylic acids is 1. The highest BCUT2D eigenvalue weighted by atomic mass is 19.4. The first-order valence-corrected chi connectivity index (χ1v) is 5.80. The Morgan fingerprint density at radius 1 is 1.29 bits per heavy atom. The zero-order chi connectivity index (χ0) is 16.4. The van der Waals surface area contributed by atoms with Crippen LogP contribution < -0.4 is 10.1 Å². The molecule has 0 spiro atoms. The predicted octanol–water partition coefficient (Wildman–Crippen LogP) is 2.14. The van der Waals surface area contributed by atoms with Crippen molar-refractivity contribution in [2.75, 3.05) is 7.11 Å². The number of carbonyl (C=O) groups is 2. The van der Waals surface area contributed by atoms with Gasteiger partial charge in [-0.1, -0.05) is 11.6 Å². The molecule has 116 valence electrons. The molecule has 1 aromatic rings. The molecule has 21 heavy (non-hydrogen) atoms. The zero-order valence-corrected chi connectivity index (χ0v) is 11.5. The third kappa shape index (κ3) is 3.26. The van der Waals surface area contributed by atoms with Gasteiger partial charge >= 0.3 is 12.1 Å². The van der Waals surface area contributed by atoms with Gasteiger partial charge in [0.05, 0.1) is 12.7 Å². The predicted molar refractivity (Wildman–Crippen MR) is 67.3 cm³/mol. The van der Waals surface area contributed by atoms with Crippen molar-refractivity contribution in [3.05, 3.63) is 29.3 Å². The number of carboxylic acid groups (broad SMARTS) is 1. The lowest BCUT2D eigenvalue weighted by atomic mass is 10.0. The van der Waals surface area contributed by atoms with Gasteiger partial charge in [-0.3, -0.25) is 4.79 Å². The first-order chi connectivity index (χ1) is 9.52. The molecule has 1 atom stereocenters. The van der Waals surface area contributed by atoms with Crippen molar-refractivity contribution in [1.82, 2.24) is 5.32 Å². The summed E-state index contributed by atoms with van der Waals surface area (Å²) in [6, 6.07) is 4.33. The van der Waals surface area contributed by atoms with Crippen molar-refractivity contribution in [2.45, 2.75) is 25.6 Å². The second-order valence-corrected chi connectivity index (χ2v) is 4.59. The fourth-order valence-corrected chi connectivity index (χ4v) is 1.54. The van der Waals surface area contributed by atoms with Crippen molar-refractivity contribution in [3.63, 3.8) is 0 Å². The molecule has 2 N–H and O–H groups in total. The van der Waals surface area contributed by atoms with E-state index in [0.717, 1.165) is 0 Å². The maximum atomic E-state index is 12.9. The van der Waals surface area contributed by atoms with E-state index in [0.29, 0.717) is 12.5 Å². The minimum atomic E-state index is -5.15. The summed E-state index contributed by atoms with van der Waals surface area (Å²) < 4.78 is 43.5. The molecule has 0 heterocycles. The number of amides is 1. The van der Waals surface area contributed by atoms with E-state index in [-0.39, 0.29) is 11.3 Å². The molecule has 1 rings (SSSR count). The van der Waals surface area contributed by atoms with Gasteiger partial charge < -0.3 is 15.2 Å². The standard InChI is InChI=1S/C13H14F3NO4/c1-7-4-5-9(21-3)8(6-7)10(18)17-12(2,11(19)20)13(14,15)16/h4-6H,1-3H3,(H,17,18)(H,19,20).